The minimum Gasteiger partial charge on any atom is -0.307 e. The van der Waals surface area contributed by atoms with Crippen LogP contribution in [0.4, 0.5) is 0 Å². The molecule has 0 spiro atoms. The number of rotatable bonds is 3. The fourth-order valence-corrected chi connectivity index (χ4v) is 9.30. The summed E-state index contributed by atoms with van der Waals surface area (Å²) in [5, 5.41) is 10.1. The molecule has 0 aliphatic carbocycles. The van der Waals surface area contributed by atoms with Crippen LogP contribution in [0, 0.1) is 0 Å². The summed E-state index contributed by atoms with van der Waals surface area (Å²) in [5.41, 5.74) is 9.28. The highest BCUT2D eigenvalue weighted by atomic mass is 32.1. The second-order valence-corrected chi connectivity index (χ2v) is 13.9. The molecule has 0 N–H and O–H groups in total. The molecule has 3 heterocycles. The SMILES string of the molecule is c1ccc(-c2nc3ccccc3nc2-c2ccc(-n3c4ccccc4c4c5ccccc5c5c6ccccc6sc5c43)c3ccccc23)cc1. The van der Waals surface area contributed by atoms with Gasteiger partial charge < -0.3 is 4.57 Å². The molecule has 11 aromatic rings. The molecule has 4 heteroatoms. The van der Waals surface area contributed by atoms with Gasteiger partial charge in [0.05, 0.1) is 43.8 Å². The summed E-state index contributed by atoms with van der Waals surface area (Å²) < 4.78 is 5.14. The van der Waals surface area contributed by atoms with Crippen LogP contribution in [0.2, 0.25) is 0 Å². The van der Waals surface area contributed by atoms with Crippen LogP contribution in [0.1, 0.15) is 0 Å². The van der Waals surface area contributed by atoms with Gasteiger partial charge in [0.25, 0.3) is 0 Å². The Morgan fingerprint density at radius 2 is 1.00 bits per heavy atom. The highest BCUT2D eigenvalue weighted by Crippen LogP contribution is 2.48. The molecule has 0 atom stereocenters. The molecule has 0 unspecified atom stereocenters. The molecule has 0 saturated carbocycles. The number of thiophene rings is 1. The van der Waals surface area contributed by atoms with E-state index in [0.29, 0.717) is 0 Å². The molecule has 0 amide bonds. The van der Waals surface area contributed by atoms with Gasteiger partial charge in [0.15, 0.2) is 0 Å². The monoisotopic (exact) mass is 653 g/mol. The van der Waals surface area contributed by atoms with Crippen LogP contribution in [-0.2, 0) is 0 Å². The predicted octanol–water partition coefficient (Wildman–Crippen LogP) is 12.7. The first-order valence-electron chi connectivity index (χ1n) is 16.9. The highest BCUT2D eigenvalue weighted by Gasteiger charge is 2.23. The molecular formula is C46H27N3S. The molecule has 50 heavy (non-hydrogen) atoms. The van der Waals surface area contributed by atoms with Crippen molar-refractivity contribution in [2.75, 3.05) is 0 Å². The molecule has 11 rings (SSSR count). The van der Waals surface area contributed by atoms with Crippen LogP contribution < -0.4 is 0 Å². The van der Waals surface area contributed by atoms with Crippen molar-refractivity contribution in [3.8, 4) is 28.2 Å². The van der Waals surface area contributed by atoms with Crippen molar-refractivity contribution in [1.82, 2.24) is 14.5 Å². The van der Waals surface area contributed by atoms with E-state index < -0.39 is 0 Å². The molecule has 3 aromatic heterocycles. The first-order chi connectivity index (χ1) is 24.8. The Balaban J connectivity index is 1.29. The van der Waals surface area contributed by atoms with Crippen molar-refractivity contribution in [3.63, 3.8) is 0 Å². The first-order valence-corrected chi connectivity index (χ1v) is 17.7. The minimum atomic E-state index is 0.886. The number of para-hydroxylation sites is 3. The van der Waals surface area contributed by atoms with Gasteiger partial charge in [0, 0.05) is 42.8 Å². The lowest BCUT2D eigenvalue weighted by atomic mass is 9.96. The third-order valence-electron chi connectivity index (χ3n) is 10.2. The predicted molar refractivity (Wildman–Crippen MR) is 213 cm³/mol. The van der Waals surface area contributed by atoms with E-state index in [2.05, 4.69) is 144 Å². The van der Waals surface area contributed by atoms with E-state index in [4.69, 9.17) is 9.97 Å². The number of nitrogens with zero attached hydrogens (tertiary/aromatic N) is 3. The van der Waals surface area contributed by atoms with Gasteiger partial charge in [-0.15, -0.1) is 11.3 Å². The maximum absolute atomic E-state index is 5.30. The Morgan fingerprint density at radius 3 is 1.78 bits per heavy atom. The van der Waals surface area contributed by atoms with Gasteiger partial charge in [-0.05, 0) is 52.6 Å². The standard InChI is InChI=1S/C46H27N3S/c1-2-14-28(15-3-1)43-44(48-37-23-11-10-22-36(37)47-43)33-26-27-39(30-17-5-4-16-29(30)33)49-38-24-12-8-20-34(38)41-31-18-6-7-19-32(31)42-35-21-9-13-25-40(35)50-46(42)45(41)49/h1-27H. The van der Waals surface area contributed by atoms with Crippen molar-refractivity contribution in [1.29, 1.82) is 0 Å². The van der Waals surface area contributed by atoms with Gasteiger partial charge in [-0.2, -0.15) is 0 Å². The van der Waals surface area contributed by atoms with E-state index in [1.54, 1.807) is 0 Å². The van der Waals surface area contributed by atoms with E-state index in [0.717, 1.165) is 44.6 Å². The van der Waals surface area contributed by atoms with Gasteiger partial charge in [0.1, 0.15) is 0 Å². The Hall–Kier alpha value is -6.36. The van der Waals surface area contributed by atoms with E-state index in [9.17, 15) is 0 Å². The third kappa shape index (κ3) is 3.85. The lowest BCUT2D eigenvalue weighted by Gasteiger charge is -2.17. The number of hydrogen-bond acceptors (Lipinski definition) is 3. The maximum atomic E-state index is 5.30. The van der Waals surface area contributed by atoms with Gasteiger partial charge in [-0.3, -0.25) is 0 Å². The smallest absolute Gasteiger partial charge is 0.0979 e. The van der Waals surface area contributed by atoms with E-state index in [1.165, 1.54) is 58.1 Å². The van der Waals surface area contributed by atoms with E-state index in [1.807, 2.05) is 35.6 Å². The Kier molecular flexibility index (Phi) is 5.83. The average Bonchev–Trinajstić information content (AvgIpc) is 3.74. The quantitative estimate of drug-likeness (QED) is 0.190. The molecular weight excluding hydrogens is 627 g/mol. The molecule has 3 nitrogen and oxygen atoms in total. The largest absolute Gasteiger partial charge is 0.307 e. The summed E-state index contributed by atoms with van der Waals surface area (Å²) in [4.78, 5) is 10.5. The van der Waals surface area contributed by atoms with Crippen molar-refractivity contribution >= 4 is 85.9 Å². The lowest BCUT2D eigenvalue weighted by Crippen LogP contribution is -1.99. The second kappa shape index (κ2) is 10.6. The lowest BCUT2D eigenvalue weighted by molar-refractivity contribution is 1.21. The van der Waals surface area contributed by atoms with Crippen LogP contribution in [-0.4, -0.2) is 14.5 Å². The third-order valence-corrected chi connectivity index (χ3v) is 11.3. The number of fused-ring (bicyclic) bond motifs is 12. The summed E-state index contributed by atoms with van der Waals surface area (Å²) in [6, 6.07) is 58.6. The zero-order valence-corrected chi connectivity index (χ0v) is 27.7. The van der Waals surface area contributed by atoms with Crippen molar-refractivity contribution in [2.24, 2.45) is 0 Å². The highest BCUT2D eigenvalue weighted by molar-refractivity contribution is 7.27. The zero-order valence-electron chi connectivity index (χ0n) is 26.8. The summed E-state index contributed by atoms with van der Waals surface area (Å²) >= 11 is 1.90. The molecule has 8 aromatic carbocycles. The van der Waals surface area contributed by atoms with Crippen LogP contribution in [0.5, 0.6) is 0 Å². The molecule has 0 fully saturated rings. The zero-order chi connectivity index (χ0) is 32.8. The topological polar surface area (TPSA) is 30.7 Å². The Bertz CT molecular complexity index is 3150. The Labute approximate surface area is 291 Å². The summed E-state index contributed by atoms with van der Waals surface area (Å²) in [6.07, 6.45) is 0. The van der Waals surface area contributed by atoms with Crippen molar-refractivity contribution in [2.45, 2.75) is 0 Å². The summed E-state index contributed by atoms with van der Waals surface area (Å²) in [5.74, 6) is 0. The van der Waals surface area contributed by atoms with Gasteiger partial charge in [-0.1, -0.05) is 127 Å². The van der Waals surface area contributed by atoms with Crippen LogP contribution >= 0.6 is 11.3 Å². The van der Waals surface area contributed by atoms with Crippen molar-refractivity contribution < 1.29 is 0 Å². The van der Waals surface area contributed by atoms with Crippen LogP contribution in [0.3, 0.4) is 0 Å². The van der Waals surface area contributed by atoms with E-state index >= 15 is 0 Å². The molecule has 0 aliphatic heterocycles. The van der Waals surface area contributed by atoms with Crippen LogP contribution in [0.25, 0.3) is 103 Å². The van der Waals surface area contributed by atoms with Crippen molar-refractivity contribution in [3.05, 3.63) is 164 Å². The fraction of sp³-hybridized carbons (Fsp3) is 0. The molecule has 0 radical (unpaired) electrons. The molecule has 0 saturated heterocycles. The summed E-state index contributed by atoms with van der Waals surface area (Å²) in [7, 11) is 0. The maximum Gasteiger partial charge on any atom is 0.0979 e. The molecule has 0 bridgehead atoms. The normalized spacial score (nSPS) is 12.0. The first kappa shape index (κ1) is 27.6. The van der Waals surface area contributed by atoms with Gasteiger partial charge in [-0.25, -0.2) is 9.97 Å². The second-order valence-electron chi connectivity index (χ2n) is 12.9. The van der Waals surface area contributed by atoms with E-state index in [-0.39, 0.29) is 0 Å². The van der Waals surface area contributed by atoms with Crippen LogP contribution in [0.15, 0.2) is 164 Å². The number of hydrogen-bond donors (Lipinski definition) is 0. The molecule has 0 aliphatic rings. The fourth-order valence-electron chi connectivity index (χ4n) is 8.05. The Morgan fingerprint density at radius 1 is 0.420 bits per heavy atom. The summed E-state index contributed by atoms with van der Waals surface area (Å²) in [6.45, 7) is 0. The van der Waals surface area contributed by atoms with Gasteiger partial charge >= 0.3 is 0 Å². The average molecular weight is 654 g/mol. The number of benzene rings is 8. The van der Waals surface area contributed by atoms with Gasteiger partial charge in [0.2, 0.25) is 0 Å². The molecule has 232 valence electrons. The minimum absolute atomic E-state index is 0.886. The number of aromatic nitrogens is 3.